The Morgan fingerprint density at radius 2 is 2.42 bits per heavy atom. The molecule has 0 amide bonds. The predicted octanol–water partition coefficient (Wildman–Crippen LogP) is 2.14. The summed E-state index contributed by atoms with van der Waals surface area (Å²) in [6.45, 7) is 0.814. The molecule has 5 heteroatoms. The van der Waals surface area contributed by atoms with Crippen LogP contribution in [0.1, 0.15) is 35.4 Å². The maximum absolute atomic E-state index is 11.1. The molecule has 2 aromatic heterocycles. The molecule has 0 bridgehead atoms. The highest BCUT2D eigenvalue weighted by Gasteiger charge is 2.18. The van der Waals surface area contributed by atoms with Crippen molar-refractivity contribution in [3.8, 4) is 0 Å². The van der Waals surface area contributed by atoms with Gasteiger partial charge in [0.2, 0.25) is 0 Å². The molecule has 1 aliphatic heterocycles. The van der Waals surface area contributed by atoms with Gasteiger partial charge in [0.15, 0.2) is 0 Å². The number of carboxylic acid groups (broad SMARTS) is 1. The van der Waals surface area contributed by atoms with E-state index in [2.05, 4.69) is 4.98 Å². The first-order valence-electron chi connectivity index (χ1n) is 6.55. The minimum atomic E-state index is -0.925. The maximum Gasteiger partial charge on any atom is 0.337 e. The highest BCUT2D eigenvalue weighted by Crippen LogP contribution is 2.19. The third-order valence-corrected chi connectivity index (χ3v) is 3.56. The average molecular weight is 260 g/mol. The second-order valence-electron chi connectivity index (χ2n) is 4.85. The summed E-state index contributed by atoms with van der Waals surface area (Å²) in [5, 5.41) is 9.15. The molecular weight excluding hydrogens is 244 g/mol. The van der Waals surface area contributed by atoms with Crippen LogP contribution < -0.4 is 0 Å². The Morgan fingerprint density at radius 3 is 3.16 bits per heavy atom. The number of carbonyl (C=O) groups is 1. The number of aromatic carboxylic acids is 1. The van der Waals surface area contributed by atoms with Gasteiger partial charge >= 0.3 is 5.97 Å². The number of hydrogen-bond donors (Lipinski definition) is 1. The van der Waals surface area contributed by atoms with E-state index >= 15 is 0 Å². The molecular formula is C14H16N2O3. The first-order chi connectivity index (χ1) is 9.25. The fourth-order valence-corrected chi connectivity index (χ4v) is 2.58. The molecule has 1 atom stereocenters. The quantitative estimate of drug-likeness (QED) is 0.918. The Morgan fingerprint density at radius 1 is 1.53 bits per heavy atom. The molecule has 0 saturated carbocycles. The smallest absolute Gasteiger partial charge is 0.337 e. The van der Waals surface area contributed by atoms with Gasteiger partial charge in [0.25, 0.3) is 0 Å². The van der Waals surface area contributed by atoms with Crippen LogP contribution in [0.4, 0.5) is 0 Å². The number of carboxylic acids is 1. The Hall–Kier alpha value is -1.88. The molecule has 1 aliphatic rings. The van der Waals surface area contributed by atoms with Gasteiger partial charge < -0.3 is 14.2 Å². The van der Waals surface area contributed by atoms with E-state index in [1.807, 2.05) is 10.6 Å². The molecule has 1 N–H and O–H groups in total. The molecule has 100 valence electrons. The van der Waals surface area contributed by atoms with Crippen molar-refractivity contribution in [3.63, 3.8) is 0 Å². The van der Waals surface area contributed by atoms with Gasteiger partial charge in [-0.3, -0.25) is 0 Å². The van der Waals surface area contributed by atoms with E-state index in [0.29, 0.717) is 5.52 Å². The lowest BCUT2D eigenvalue weighted by Gasteiger charge is -2.21. The lowest BCUT2D eigenvalue weighted by atomic mass is 10.1. The van der Waals surface area contributed by atoms with Crippen LogP contribution in [0.15, 0.2) is 24.5 Å². The molecule has 0 aliphatic carbocycles. The number of pyridine rings is 1. The summed E-state index contributed by atoms with van der Waals surface area (Å²) >= 11 is 0. The van der Waals surface area contributed by atoms with Gasteiger partial charge in [0.1, 0.15) is 5.82 Å². The van der Waals surface area contributed by atoms with Crippen LogP contribution in [0.5, 0.6) is 0 Å². The highest BCUT2D eigenvalue weighted by molar-refractivity contribution is 5.95. The van der Waals surface area contributed by atoms with Gasteiger partial charge in [0.05, 0.1) is 23.4 Å². The minimum Gasteiger partial charge on any atom is -0.478 e. The molecule has 3 rings (SSSR count). The van der Waals surface area contributed by atoms with E-state index in [4.69, 9.17) is 9.84 Å². The first kappa shape index (κ1) is 12.2. The number of aromatic nitrogens is 2. The molecule has 1 fully saturated rings. The van der Waals surface area contributed by atoms with Gasteiger partial charge in [-0.25, -0.2) is 9.78 Å². The topological polar surface area (TPSA) is 63.8 Å². The number of ether oxygens (including phenoxy) is 1. The van der Waals surface area contributed by atoms with Gasteiger partial charge in [-0.1, -0.05) is 0 Å². The van der Waals surface area contributed by atoms with Crippen molar-refractivity contribution in [2.75, 3.05) is 6.61 Å². The summed E-state index contributed by atoms with van der Waals surface area (Å²) in [4.78, 5) is 15.5. The third kappa shape index (κ3) is 2.33. The van der Waals surface area contributed by atoms with Crippen molar-refractivity contribution in [2.45, 2.75) is 31.8 Å². The lowest BCUT2D eigenvalue weighted by molar-refractivity contribution is 0.0156. The Labute approximate surface area is 110 Å². The van der Waals surface area contributed by atoms with Crippen LogP contribution >= 0.6 is 0 Å². The van der Waals surface area contributed by atoms with Crippen LogP contribution in [0.3, 0.4) is 0 Å². The van der Waals surface area contributed by atoms with Crippen molar-refractivity contribution < 1.29 is 14.6 Å². The summed E-state index contributed by atoms with van der Waals surface area (Å²) in [6, 6.07) is 3.34. The largest absolute Gasteiger partial charge is 0.478 e. The zero-order valence-electron chi connectivity index (χ0n) is 10.6. The van der Waals surface area contributed by atoms with Gasteiger partial charge in [0, 0.05) is 19.2 Å². The average Bonchev–Trinajstić information content (AvgIpc) is 2.83. The van der Waals surface area contributed by atoms with Crippen molar-refractivity contribution >= 4 is 11.5 Å². The molecule has 0 radical (unpaired) electrons. The second-order valence-corrected chi connectivity index (χ2v) is 4.85. The number of rotatable bonds is 3. The number of nitrogens with zero attached hydrogens (tertiary/aromatic N) is 2. The van der Waals surface area contributed by atoms with E-state index in [9.17, 15) is 4.79 Å². The highest BCUT2D eigenvalue weighted by atomic mass is 16.5. The Balaban J connectivity index is 1.92. The summed E-state index contributed by atoms with van der Waals surface area (Å²) in [7, 11) is 0. The normalized spacial score (nSPS) is 19.7. The molecule has 1 saturated heterocycles. The van der Waals surface area contributed by atoms with Gasteiger partial charge in [-0.05, 0) is 31.4 Å². The predicted molar refractivity (Wildman–Crippen MR) is 69.4 cm³/mol. The van der Waals surface area contributed by atoms with Crippen LogP contribution in [0.25, 0.3) is 5.52 Å². The molecule has 1 unspecified atom stereocenters. The zero-order chi connectivity index (χ0) is 13.2. The molecule has 0 spiro atoms. The Bertz CT molecular complexity index is 600. The van der Waals surface area contributed by atoms with Crippen molar-refractivity contribution in [3.05, 3.63) is 35.9 Å². The second kappa shape index (κ2) is 5.01. The fraction of sp³-hybridized carbons (Fsp3) is 0.429. The maximum atomic E-state index is 11.1. The summed E-state index contributed by atoms with van der Waals surface area (Å²) in [5.74, 6) is -0.0593. The summed E-state index contributed by atoms with van der Waals surface area (Å²) < 4.78 is 7.56. The van der Waals surface area contributed by atoms with Crippen molar-refractivity contribution in [1.82, 2.24) is 9.38 Å². The van der Waals surface area contributed by atoms with Crippen molar-refractivity contribution in [2.24, 2.45) is 0 Å². The monoisotopic (exact) mass is 260 g/mol. The SMILES string of the molecule is O=C(O)c1cccn2c(CC3CCCCO3)ncc12. The lowest BCUT2D eigenvalue weighted by Crippen LogP contribution is -2.22. The first-order valence-corrected chi connectivity index (χ1v) is 6.55. The van der Waals surface area contributed by atoms with Gasteiger partial charge in [-0.2, -0.15) is 0 Å². The number of hydrogen-bond acceptors (Lipinski definition) is 3. The molecule has 3 heterocycles. The van der Waals surface area contributed by atoms with Crippen LogP contribution in [-0.4, -0.2) is 33.2 Å². The minimum absolute atomic E-state index is 0.202. The zero-order valence-corrected chi connectivity index (χ0v) is 10.6. The van der Waals surface area contributed by atoms with Crippen LogP contribution in [0, 0.1) is 0 Å². The van der Waals surface area contributed by atoms with E-state index in [1.165, 1.54) is 6.42 Å². The van der Waals surface area contributed by atoms with Crippen molar-refractivity contribution in [1.29, 1.82) is 0 Å². The molecule has 2 aromatic rings. The van der Waals surface area contributed by atoms with Gasteiger partial charge in [-0.15, -0.1) is 0 Å². The van der Waals surface area contributed by atoms with Crippen LogP contribution in [-0.2, 0) is 11.2 Å². The third-order valence-electron chi connectivity index (χ3n) is 3.56. The summed E-state index contributed by atoms with van der Waals surface area (Å²) in [5.41, 5.74) is 0.923. The van der Waals surface area contributed by atoms with E-state index in [-0.39, 0.29) is 11.7 Å². The summed E-state index contributed by atoms with van der Waals surface area (Å²) in [6.07, 6.45) is 7.78. The standard InChI is InChI=1S/C14H16N2O3/c17-14(18)11-5-3-6-16-12(11)9-15-13(16)8-10-4-1-2-7-19-10/h3,5-6,9-10H,1-2,4,7-8H2,(H,17,18). The number of imidazole rings is 1. The molecule has 5 nitrogen and oxygen atoms in total. The van der Waals surface area contributed by atoms with Crippen LogP contribution in [0.2, 0.25) is 0 Å². The number of fused-ring (bicyclic) bond motifs is 1. The molecule has 0 aromatic carbocycles. The fourth-order valence-electron chi connectivity index (χ4n) is 2.58. The Kier molecular flexibility index (Phi) is 3.21. The van der Waals surface area contributed by atoms with E-state index in [1.54, 1.807) is 18.3 Å². The van der Waals surface area contributed by atoms with E-state index in [0.717, 1.165) is 31.7 Å². The molecule has 19 heavy (non-hydrogen) atoms. The van der Waals surface area contributed by atoms with E-state index < -0.39 is 5.97 Å².